The predicted molar refractivity (Wildman–Crippen MR) is 136 cm³/mol. The molecule has 0 bridgehead atoms. The van der Waals surface area contributed by atoms with E-state index in [9.17, 15) is 0 Å². The van der Waals surface area contributed by atoms with Gasteiger partial charge in [-0.25, -0.2) is 0 Å². The van der Waals surface area contributed by atoms with Crippen molar-refractivity contribution in [1.82, 2.24) is 24.9 Å². The maximum absolute atomic E-state index is 4.73. The molecule has 1 spiro atoms. The molecule has 2 aromatic heterocycles. The van der Waals surface area contributed by atoms with Crippen molar-refractivity contribution in [3.05, 3.63) is 77.7 Å². The van der Waals surface area contributed by atoms with Gasteiger partial charge in [-0.05, 0) is 69.0 Å². The summed E-state index contributed by atoms with van der Waals surface area (Å²) in [5, 5.41) is 16.4. The van der Waals surface area contributed by atoms with Crippen molar-refractivity contribution in [1.29, 1.82) is 0 Å². The Hall–Kier alpha value is -3.05. The summed E-state index contributed by atoms with van der Waals surface area (Å²) in [4.78, 5) is 2.63. The number of likely N-dealkylation sites (tertiary alicyclic amines) is 1. The Morgan fingerprint density at radius 3 is 2.41 bits per heavy atom. The van der Waals surface area contributed by atoms with Crippen molar-refractivity contribution >= 4 is 10.8 Å². The third-order valence-corrected chi connectivity index (χ3v) is 8.22. The van der Waals surface area contributed by atoms with Gasteiger partial charge in [0.1, 0.15) is 5.69 Å². The molecule has 34 heavy (non-hydrogen) atoms. The number of hydrogen-bond acceptors (Lipinski definition) is 4. The van der Waals surface area contributed by atoms with E-state index in [0.29, 0.717) is 5.41 Å². The highest BCUT2D eigenvalue weighted by Crippen LogP contribution is 2.61. The monoisotopic (exact) mass is 451 g/mol. The molecular formula is C29H33N5. The van der Waals surface area contributed by atoms with Gasteiger partial charge < -0.3 is 0 Å². The lowest BCUT2D eigenvalue weighted by Gasteiger charge is -2.33. The first-order valence-corrected chi connectivity index (χ1v) is 12.6. The molecule has 0 N–H and O–H groups in total. The van der Waals surface area contributed by atoms with Crippen molar-refractivity contribution < 1.29 is 0 Å². The Labute approximate surface area is 201 Å². The number of hydrogen-bond donors (Lipinski definition) is 0. The molecule has 5 nitrogen and oxygen atoms in total. The number of aromatic nitrogens is 4. The average molecular weight is 452 g/mol. The van der Waals surface area contributed by atoms with Crippen molar-refractivity contribution in [3.63, 3.8) is 0 Å². The van der Waals surface area contributed by atoms with Gasteiger partial charge in [0.25, 0.3) is 0 Å². The van der Waals surface area contributed by atoms with Gasteiger partial charge in [-0.15, -0.1) is 5.10 Å². The second-order valence-corrected chi connectivity index (χ2v) is 10.4. The van der Waals surface area contributed by atoms with Crippen LogP contribution in [-0.2, 0) is 20.0 Å². The molecule has 6 rings (SSSR count). The van der Waals surface area contributed by atoms with Crippen LogP contribution in [0.5, 0.6) is 0 Å². The van der Waals surface area contributed by atoms with Gasteiger partial charge in [-0.3, -0.25) is 9.58 Å². The maximum atomic E-state index is 4.73. The second kappa shape index (κ2) is 8.62. The van der Waals surface area contributed by atoms with Crippen LogP contribution >= 0.6 is 0 Å². The van der Waals surface area contributed by atoms with E-state index in [1.807, 2.05) is 24.9 Å². The van der Waals surface area contributed by atoms with Gasteiger partial charge in [-0.1, -0.05) is 54.6 Å². The van der Waals surface area contributed by atoms with Crippen LogP contribution in [0, 0.1) is 18.3 Å². The number of rotatable bonds is 6. The Kier molecular flexibility index (Phi) is 5.45. The lowest BCUT2D eigenvalue weighted by Crippen LogP contribution is -2.34. The van der Waals surface area contributed by atoms with Crippen molar-refractivity contribution in [2.24, 2.45) is 18.4 Å². The normalized spacial score (nSPS) is 19.6. The standard InChI is InChI=1S/C29H33N5/c1-21-26(20-33(2)32-21)28-25-11-7-6-10-24(25)27(30-31-28)13-12-23-18-29(23)14-16-34(17-15-29)19-22-8-4-3-5-9-22/h3-11,20,23H,12-19H2,1-2H3. The van der Waals surface area contributed by atoms with Crippen LogP contribution in [0.25, 0.3) is 22.0 Å². The molecule has 0 amide bonds. The average Bonchev–Trinajstić information content (AvgIpc) is 3.42. The lowest BCUT2D eigenvalue weighted by molar-refractivity contribution is 0.155. The fraction of sp³-hybridized carbons (Fsp3) is 0.414. The van der Waals surface area contributed by atoms with E-state index in [4.69, 9.17) is 10.2 Å². The van der Waals surface area contributed by atoms with Crippen LogP contribution in [0.15, 0.2) is 60.8 Å². The molecule has 2 aliphatic rings. The number of benzene rings is 2. The third kappa shape index (κ3) is 4.03. The molecule has 1 aliphatic carbocycles. The summed E-state index contributed by atoms with van der Waals surface area (Å²) >= 11 is 0. The zero-order valence-corrected chi connectivity index (χ0v) is 20.2. The molecule has 2 fully saturated rings. The summed E-state index contributed by atoms with van der Waals surface area (Å²) in [5.74, 6) is 0.840. The SMILES string of the molecule is Cc1nn(C)cc1-c1nnc(CCC2CC23CCN(Cc2ccccc2)CC3)c2ccccc12. The topological polar surface area (TPSA) is 46.8 Å². The number of nitrogens with zero attached hydrogens (tertiary/aromatic N) is 5. The summed E-state index contributed by atoms with van der Waals surface area (Å²) in [6.45, 7) is 5.59. The van der Waals surface area contributed by atoms with Gasteiger partial charge in [0.2, 0.25) is 0 Å². The Bertz CT molecular complexity index is 1300. The van der Waals surface area contributed by atoms with E-state index >= 15 is 0 Å². The summed E-state index contributed by atoms with van der Waals surface area (Å²) in [6.07, 6.45) is 8.36. The van der Waals surface area contributed by atoms with Crippen LogP contribution in [0.1, 0.15) is 42.6 Å². The van der Waals surface area contributed by atoms with Crippen LogP contribution in [0.4, 0.5) is 0 Å². The van der Waals surface area contributed by atoms with Gasteiger partial charge in [0.15, 0.2) is 0 Å². The van der Waals surface area contributed by atoms with Gasteiger partial charge in [0.05, 0.1) is 11.4 Å². The highest BCUT2D eigenvalue weighted by atomic mass is 15.3. The third-order valence-electron chi connectivity index (χ3n) is 8.22. The van der Waals surface area contributed by atoms with Crippen LogP contribution in [-0.4, -0.2) is 38.0 Å². The molecule has 2 aromatic carbocycles. The molecule has 5 heteroatoms. The minimum absolute atomic E-state index is 0.586. The molecule has 3 heterocycles. The lowest BCUT2D eigenvalue weighted by atomic mass is 9.89. The summed E-state index contributed by atoms with van der Waals surface area (Å²) in [6, 6.07) is 19.5. The first kappa shape index (κ1) is 21.5. The van der Waals surface area contributed by atoms with E-state index < -0.39 is 0 Å². The molecule has 1 unspecified atom stereocenters. The van der Waals surface area contributed by atoms with Gasteiger partial charge in [0, 0.05) is 36.1 Å². The maximum Gasteiger partial charge on any atom is 0.104 e. The van der Waals surface area contributed by atoms with E-state index in [1.165, 1.54) is 55.1 Å². The summed E-state index contributed by atoms with van der Waals surface area (Å²) < 4.78 is 1.85. The molecule has 4 aromatic rings. The van der Waals surface area contributed by atoms with Crippen LogP contribution < -0.4 is 0 Å². The first-order valence-electron chi connectivity index (χ1n) is 12.6. The first-order chi connectivity index (χ1) is 16.6. The van der Waals surface area contributed by atoms with E-state index in [-0.39, 0.29) is 0 Å². The quantitative estimate of drug-likeness (QED) is 0.384. The van der Waals surface area contributed by atoms with Crippen molar-refractivity contribution in [3.8, 4) is 11.3 Å². The summed E-state index contributed by atoms with van der Waals surface area (Å²) in [7, 11) is 1.96. The molecule has 1 saturated carbocycles. The molecule has 1 atom stereocenters. The summed E-state index contributed by atoms with van der Waals surface area (Å²) in [5.41, 5.74) is 6.17. The Morgan fingerprint density at radius 2 is 1.68 bits per heavy atom. The smallest absolute Gasteiger partial charge is 0.104 e. The number of fused-ring (bicyclic) bond motifs is 1. The van der Waals surface area contributed by atoms with Crippen molar-refractivity contribution in [2.45, 2.75) is 45.6 Å². The molecule has 1 aliphatic heterocycles. The number of piperidine rings is 1. The zero-order chi connectivity index (χ0) is 23.1. The minimum atomic E-state index is 0.586. The molecular weight excluding hydrogens is 418 g/mol. The van der Waals surface area contributed by atoms with Crippen LogP contribution in [0.2, 0.25) is 0 Å². The highest BCUT2D eigenvalue weighted by molar-refractivity contribution is 5.95. The predicted octanol–water partition coefficient (Wildman–Crippen LogP) is 5.57. The fourth-order valence-electron chi connectivity index (χ4n) is 6.14. The Morgan fingerprint density at radius 1 is 0.941 bits per heavy atom. The number of aryl methyl sites for hydroxylation is 3. The van der Waals surface area contributed by atoms with Gasteiger partial charge >= 0.3 is 0 Å². The van der Waals surface area contributed by atoms with E-state index in [2.05, 4.69) is 64.6 Å². The minimum Gasteiger partial charge on any atom is -0.299 e. The van der Waals surface area contributed by atoms with Gasteiger partial charge in [-0.2, -0.15) is 10.2 Å². The Balaban J connectivity index is 1.12. The van der Waals surface area contributed by atoms with Crippen LogP contribution in [0.3, 0.4) is 0 Å². The second-order valence-electron chi connectivity index (χ2n) is 10.4. The molecule has 174 valence electrons. The fourth-order valence-corrected chi connectivity index (χ4v) is 6.14. The molecule has 0 radical (unpaired) electrons. The highest BCUT2D eigenvalue weighted by Gasteiger charge is 2.53. The zero-order valence-electron chi connectivity index (χ0n) is 20.2. The van der Waals surface area contributed by atoms with Crippen molar-refractivity contribution in [2.75, 3.05) is 13.1 Å². The largest absolute Gasteiger partial charge is 0.299 e. The van der Waals surface area contributed by atoms with E-state index in [0.717, 1.165) is 41.5 Å². The van der Waals surface area contributed by atoms with E-state index in [1.54, 1.807) is 0 Å². The molecule has 1 saturated heterocycles.